The van der Waals surface area contributed by atoms with Crippen LogP contribution in [0.15, 0.2) is 59.4 Å². The summed E-state index contributed by atoms with van der Waals surface area (Å²) in [5.41, 5.74) is 3.96. The number of aryl methyl sites for hydroxylation is 1. The Bertz CT molecular complexity index is 1100. The number of carbonyl (C=O) groups excluding carboxylic acids is 1. The molecule has 150 valence electrons. The van der Waals surface area contributed by atoms with E-state index in [1.165, 1.54) is 5.56 Å². The van der Waals surface area contributed by atoms with Gasteiger partial charge in [0.05, 0.1) is 11.4 Å². The molecule has 3 aromatic rings. The van der Waals surface area contributed by atoms with Crippen molar-refractivity contribution in [2.75, 3.05) is 16.8 Å². The number of benzene rings is 2. The molecular formula is C23H26N4O2. The van der Waals surface area contributed by atoms with E-state index in [4.69, 9.17) is 0 Å². The second-order valence-electron chi connectivity index (χ2n) is 7.53. The van der Waals surface area contributed by atoms with E-state index in [1.54, 1.807) is 9.36 Å². The molecule has 6 nitrogen and oxygen atoms in total. The van der Waals surface area contributed by atoms with Crippen LogP contribution in [0, 0.1) is 6.92 Å². The van der Waals surface area contributed by atoms with Gasteiger partial charge in [0.15, 0.2) is 0 Å². The predicted octanol–water partition coefficient (Wildman–Crippen LogP) is 3.26. The molecule has 1 atom stereocenters. The van der Waals surface area contributed by atoms with E-state index in [9.17, 15) is 9.59 Å². The van der Waals surface area contributed by atoms with Crippen LogP contribution in [0.4, 0.5) is 11.4 Å². The zero-order chi connectivity index (χ0) is 20.5. The molecule has 0 saturated carbocycles. The lowest BCUT2D eigenvalue weighted by Crippen LogP contribution is -2.45. The summed E-state index contributed by atoms with van der Waals surface area (Å²) in [4.78, 5) is 28.3. The maximum atomic E-state index is 13.1. The number of anilines is 2. The van der Waals surface area contributed by atoms with Crippen LogP contribution in [-0.4, -0.2) is 27.9 Å². The molecular weight excluding hydrogens is 364 g/mol. The predicted molar refractivity (Wildman–Crippen MR) is 116 cm³/mol. The van der Waals surface area contributed by atoms with E-state index in [0.717, 1.165) is 36.5 Å². The van der Waals surface area contributed by atoms with Gasteiger partial charge in [-0.05, 0) is 50.5 Å². The number of nitrogens with zero attached hydrogens (tertiary/aromatic N) is 3. The van der Waals surface area contributed by atoms with Gasteiger partial charge in [0.2, 0.25) is 5.91 Å². The summed E-state index contributed by atoms with van der Waals surface area (Å²) in [5, 5.41) is 2.90. The molecule has 29 heavy (non-hydrogen) atoms. The summed E-state index contributed by atoms with van der Waals surface area (Å²) < 4.78 is 3.35. The lowest BCUT2D eigenvalue weighted by Gasteiger charge is -2.35. The fourth-order valence-electron chi connectivity index (χ4n) is 4.05. The van der Waals surface area contributed by atoms with Crippen LogP contribution in [0.5, 0.6) is 0 Å². The van der Waals surface area contributed by atoms with Gasteiger partial charge in [0, 0.05) is 19.3 Å². The lowest BCUT2D eigenvalue weighted by molar-refractivity contribution is -0.117. The molecule has 4 rings (SSSR count). The smallest absolute Gasteiger partial charge is 0.295 e. The number of nitrogens with one attached hydrogen (secondary N) is 1. The highest BCUT2D eigenvalue weighted by molar-refractivity contribution is 5.97. The van der Waals surface area contributed by atoms with Crippen molar-refractivity contribution in [1.29, 1.82) is 0 Å². The summed E-state index contributed by atoms with van der Waals surface area (Å²) in [6, 6.07) is 17.3. The Kier molecular flexibility index (Phi) is 5.01. The van der Waals surface area contributed by atoms with E-state index in [1.807, 2.05) is 63.4 Å². The largest absolute Gasteiger partial charge is 0.360 e. The fraction of sp³-hybridized carbons (Fsp3) is 0.304. The monoisotopic (exact) mass is 390 g/mol. The van der Waals surface area contributed by atoms with Gasteiger partial charge in [0.1, 0.15) is 11.7 Å². The van der Waals surface area contributed by atoms with Gasteiger partial charge >= 0.3 is 0 Å². The molecule has 0 spiro atoms. The van der Waals surface area contributed by atoms with E-state index >= 15 is 0 Å². The van der Waals surface area contributed by atoms with Gasteiger partial charge in [-0.1, -0.05) is 36.4 Å². The number of fused-ring (bicyclic) bond motifs is 1. The van der Waals surface area contributed by atoms with E-state index in [-0.39, 0.29) is 17.5 Å². The Labute approximate surface area is 170 Å². The van der Waals surface area contributed by atoms with Gasteiger partial charge in [-0.2, -0.15) is 0 Å². The third-order valence-electron chi connectivity index (χ3n) is 5.80. The van der Waals surface area contributed by atoms with Crippen LogP contribution < -0.4 is 15.8 Å². The third-order valence-corrected chi connectivity index (χ3v) is 5.80. The first-order valence-electron chi connectivity index (χ1n) is 9.98. The Hall–Kier alpha value is -3.28. The van der Waals surface area contributed by atoms with E-state index < -0.39 is 0 Å². The number of amides is 1. The molecule has 2 aromatic carbocycles. The quantitative estimate of drug-likeness (QED) is 0.744. The maximum Gasteiger partial charge on any atom is 0.295 e. The molecule has 1 aliphatic heterocycles. The number of hydrogen-bond donors (Lipinski definition) is 1. The Morgan fingerprint density at radius 3 is 2.52 bits per heavy atom. The lowest BCUT2D eigenvalue weighted by atomic mass is 10.00. The summed E-state index contributed by atoms with van der Waals surface area (Å²) in [7, 11) is 1.82. The van der Waals surface area contributed by atoms with Gasteiger partial charge in [0.25, 0.3) is 5.56 Å². The van der Waals surface area contributed by atoms with Crippen molar-refractivity contribution in [2.45, 2.75) is 32.7 Å². The Morgan fingerprint density at radius 1 is 1.07 bits per heavy atom. The summed E-state index contributed by atoms with van der Waals surface area (Å²) in [6.45, 7) is 4.57. The van der Waals surface area contributed by atoms with Gasteiger partial charge in [-0.3, -0.25) is 14.3 Å². The van der Waals surface area contributed by atoms with Crippen LogP contribution in [0.1, 0.15) is 24.6 Å². The van der Waals surface area contributed by atoms with Crippen molar-refractivity contribution >= 4 is 17.3 Å². The third kappa shape index (κ3) is 3.35. The van der Waals surface area contributed by atoms with Crippen molar-refractivity contribution in [3.8, 4) is 5.69 Å². The molecule has 0 saturated heterocycles. The highest BCUT2D eigenvalue weighted by Crippen LogP contribution is 2.28. The molecule has 1 aromatic heterocycles. The molecule has 1 aliphatic rings. The number of aromatic nitrogens is 2. The summed E-state index contributed by atoms with van der Waals surface area (Å²) >= 11 is 0. The van der Waals surface area contributed by atoms with Crippen LogP contribution in [0.3, 0.4) is 0 Å². The van der Waals surface area contributed by atoms with Gasteiger partial charge in [-0.15, -0.1) is 0 Å². The van der Waals surface area contributed by atoms with Crippen molar-refractivity contribution in [2.24, 2.45) is 7.05 Å². The Morgan fingerprint density at radius 2 is 1.76 bits per heavy atom. The van der Waals surface area contributed by atoms with Crippen LogP contribution >= 0.6 is 0 Å². The van der Waals surface area contributed by atoms with Crippen molar-refractivity contribution in [3.63, 3.8) is 0 Å². The van der Waals surface area contributed by atoms with E-state index in [2.05, 4.69) is 22.3 Å². The zero-order valence-corrected chi connectivity index (χ0v) is 17.1. The van der Waals surface area contributed by atoms with Crippen molar-refractivity contribution in [3.05, 3.63) is 76.2 Å². The van der Waals surface area contributed by atoms with Gasteiger partial charge < -0.3 is 10.2 Å². The standard InChI is InChI=1S/C23H26N4O2/c1-16-21(23(29)27(25(16)3)19-12-5-4-6-13-19)24-22(28)17(2)26-15-9-11-18-10-7-8-14-20(18)26/h4-8,10,12-14,17H,9,11,15H2,1-3H3,(H,24,28). The van der Waals surface area contributed by atoms with Crippen LogP contribution in [0.25, 0.3) is 5.69 Å². The molecule has 1 amide bonds. The first kappa shape index (κ1) is 19.1. The molecule has 1 N–H and O–H groups in total. The van der Waals surface area contributed by atoms with Crippen molar-refractivity contribution in [1.82, 2.24) is 9.36 Å². The normalized spacial score (nSPS) is 14.4. The average Bonchev–Trinajstić information content (AvgIpc) is 2.96. The molecule has 2 heterocycles. The zero-order valence-electron chi connectivity index (χ0n) is 17.1. The van der Waals surface area contributed by atoms with E-state index in [0.29, 0.717) is 5.69 Å². The summed E-state index contributed by atoms with van der Waals surface area (Å²) in [5.74, 6) is -0.173. The first-order valence-corrected chi connectivity index (χ1v) is 9.98. The average molecular weight is 390 g/mol. The van der Waals surface area contributed by atoms with Gasteiger partial charge in [-0.25, -0.2) is 4.68 Å². The second-order valence-corrected chi connectivity index (χ2v) is 7.53. The first-order chi connectivity index (χ1) is 14.0. The molecule has 6 heteroatoms. The molecule has 0 bridgehead atoms. The molecule has 0 fully saturated rings. The minimum Gasteiger partial charge on any atom is -0.360 e. The molecule has 0 radical (unpaired) electrons. The highest BCUT2D eigenvalue weighted by atomic mass is 16.2. The molecule has 0 aliphatic carbocycles. The minimum atomic E-state index is -0.374. The second kappa shape index (κ2) is 7.62. The highest BCUT2D eigenvalue weighted by Gasteiger charge is 2.27. The summed E-state index contributed by atoms with van der Waals surface area (Å²) in [6.07, 6.45) is 2.04. The Balaban J connectivity index is 1.62. The maximum absolute atomic E-state index is 13.1. The van der Waals surface area contributed by atoms with Crippen LogP contribution in [-0.2, 0) is 18.3 Å². The van der Waals surface area contributed by atoms with Crippen LogP contribution in [0.2, 0.25) is 0 Å². The minimum absolute atomic E-state index is 0.173. The fourth-order valence-corrected chi connectivity index (χ4v) is 4.05. The molecule has 1 unspecified atom stereocenters. The number of carbonyl (C=O) groups is 1. The number of hydrogen-bond acceptors (Lipinski definition) is 3. The number of para-hydroxylation sites is 2. The van der Waals surface area contributed by atoms with Crippen molar-refractivity contribution < 1.29 is 4.79 Å². The number of rotatable bonds is 4. The topological polar surface area (TPSA) is 59.3 Å². The SMILES string of the molecule is Cc1c(NC(=O)C(C)N2CCCc3ccccc32)c(=O)n(-c2ccccc2)n1C.